The molecule has 1 fully saturated rings. The second kappa shape index (κ2) is 7.40. The number of carbonyl (C=O) groups excluding carboxylic acids is 2. The third kappa shape index (κ3) is 4.07. The third-order valence-electron chi connectivity index (χ3n) is 4.06. The summed E-state index contributed by atoms with van der Waals surface area (Å²) in [6.45, 7) is 5.43. The first-order chi connectivity index (χ1) is 10.5. The molecule has 1 aliphatic rings. The number of nitrogens with zero attached hydrogens (tertiary/aromatic N) is 1. The van der Waals surface area contributed by atoms with Gasteiger partial charge < -0.3 is 15.0 Å². The van der Waals surface area contributed by atoms with Crippen LogP contribution in [0.25, 0.3) is 0 Å². The Labute approximate surface area is 131 Å². The second-order valence-electron chi connectivity index (χ2n) is 5.95. The molecule has 1 N–H and O–H groups in total. The average molecular weight is 304 g/mol. The first-order valence-electron chi connectivity index (χ1n) is 7.63. The molecule has 22 heavy (non-hydrogen) atoms. The zero-order valence-corrected chi connectivity index (χ0v) is 13.5. The number of nitrogens with one attached hydrogen (secondary N) is 1. The lowest BCUT2D eigenvalue weighted by atomic mass is 10.1. The van der Waals surface area contributed by atoms with Crippen LogP contribution in [0.1, 0.15) is 24.5 Å². The van der Waals surface area contributed by atoms with Gasteiger partial charge in [0.25, 0.3) is 0 Å². The SMILES string of the molecule is COC[C@@H](C)N1C[C@H](C(=O)NCc2ccc(C)cc2)CC1=O. The maximum absolute atomic E-state index is 12.2. The Hall–Kier alpha value is -1.88. The summed E-state index contributed by atoms with van der Waals surface area (Å²) in [5.41, 5.74) is 2.26. The molecule has 2 rings (SSSR count). The predicted octanol–water partition coefficient (Wildman–Crippen LogP) is 1.49. The minimum absolute atomic E-state index is 0.00685. The van der Waals surface area contributed by atoms with Crippen LogP contribution in [0.4, 0.5) is 0 Å². The highest BCUT2D eigenvalue weighted by molar-refractivity contribution is 5.89. The fourth-order valence-electron chi connectivity index (χ4n) is 2.70. The Kier molecular flexibility index (Phi) is 5.55. The van der Waals surface area contributed by atoms with Crippen molar-refractivity contribution in [3.63, 3.8) is 0 Å². The summed E-state index contributed by atoms with van der Waals surface area (Å²) in [5.74, 6) is -0.293. The highest BCUT2D eigenvalue weighted by atomic mass is 16.5. The number of methoxy groups -OCH3 is 1. The van der Waals surface area contributed by atoms with Crippen molar-refractivity contribution in [3.05, 3.63) is 35.4 Å². The number of hydrogen-bond acceptors (Lipinski definition) is 3. The largest absolute Gasteiger partial charge is 0.383 e. The van der Waals surface area contributed by atoms with Gasteiger partial charge in [0.05, 0.1) is 18.6 Å². The van der Waals surface area contributed by atoms with Crippen molar-refractivity contribution >= 4 is 11.8 Å². The molecule has 5 heteroatoms. The summed E-state index contributed by atoms with van der Waals surface area (Å²) in [6, 6.07) is 8.06. The maximum Gasteiger partial charge on any atom is 0.225 e. The van der Waals surface area contributed by atoms with Crippen molar-refractivity contribution in [1.29, 1.82) is 0 Å². The number of hydrogen-bond donors (Lipinski definition) is 1. The van der Waals surface area contributed by atoms with Crippen LogP contribution in [0.3, 0.4) is 0 Å². The van der Waals surface area contributed by atoms with E-state index >= 15 is 0 Å². The van der Waals surface area contributed by atoms with E-state index in [9.17, 15) is 9.59 Å². The molecule has 1 saturated heterocycles. The monoisotopic (exact) mass is 304 g/mol. The van der Waals surface area contributed by atoms with Gasteiger partial charge in [-0.2, -0.15) is 0 Å². The molecule has 0 aliphatic carbocycles. The highest BCUT2D eigenvalue weighted by Crippen LogP contribution is 2.20. The van der Waals surface area contributed by atoms with Crippen LogP contribution in [0.5, 0.6) is 0 Å². The molecule has 1 aromatic carbocycles. The normalized spacial score (nSPS) is 19.3. The molecule has 5 nitrogen and oxygen atoms in total. The van der Waals surface area contributed by atoms with E-state index in [-0.39, 0.29) is 30.2 Å². The molecule has 1 heterocycles. The zero-order valence-electron chi connectivity index (χ0n) is 13.5. The van der Waals surface area contributed by atoms with E-state index in [0.29, 0.717) is 19.7 Å². The van der Waals surface area contributed by atoms with Crippen LogP contribution in [-0.4, -0.2) is 43.0 Å². The van der Waals surface area contributed by atoms with Crippen LogP contribution in [0.2, 0.25) is 0 Å². The lowest BCUT2D eigenvalue weighted by Gasteiger charge is -2.23. The highest BCUT2D eigenvalue weighted by Gasteiger charge is 2.36. The van der Waals surface area contributed by atoms with E-state index in [2.05, 4.69) is 5.32 Å². The van der Waals surface area contributed by atoms with Gasteiger partial charge in [-0.3, -0.25) is 9.59 Å². The van der Waals surface area contributed by atoms with E-state index in [1.165, 1.54) is 5.56 Å². The minimum atomic E-state index is -0.266. The summed E-state index contributed by atoms with van der Waals surface area (Å²) in [6.07, 6.45) is 0.286. The number of aryl methyl sites for hydroxylation is 1. The molecule has 0 saturated carbocycles. The zero-order chi connectivity index (χ0) is 16.1. The fourth-order valence-corrected chi connectivity index (χ4v) is 2.70. The fraction of sp³-hybridized carbons (Fsp3) is 0.529. The van der Waals surface area contributed by atoms with Crippen molar-refractivity contribution in [3.8, 4) is 0 Å². The molecule has 0 spiro atoms. The van der Waals surface area contributed by atoms with Crippen molar-refractivity contribution in [2.75, 3.05) is 20.3 Å². The van der Waals surface area contributed by atoms with Crippen molar-refractivity contribution < 1.29 is 14.3 Å². The third-order valence-corrected chi connectivity index (χ3v) is 4.06. The number of benzene rings is 1. The van der Waals surface area contributed by atoms with E-state index in [1.807, 2.05) is 38.1 Å². The summed E-state index contributed by atoms with van der Waals surface area (Å²) >= 11 is 0. The summed E-state index contributed by atoms with van der Waals surface area (Å²) < 4.78 is 5.08. The van der Waals surface area contributed by atoms with Gasteiger partial charge in [0.15, 0.2) is 0 Å². The van der Waals surface area contributed by atoms with Crippen molar-refractivity contribution in [2.24, 2.45) is 5.92 Å². The molecule has 2 atom stereocenters. The van der Waals surface area contributed by atoms with Crippen LogP contribution in [-0.2, 0) is 20.9 Å². The summed E-state index contributed by atoms with van der Waals surface area (Å²) in [7, 11) is 1.61. The van der Waals surface area contributed by atoms with E-state index in [1.54, 1.807) is 12.0 Å². The summed E-state index contributed by atoms with van der Waals surface area (Å²) in [5, 5.41) is 2.92. The smallest absolute Gasteiger partial charge is 0.225 e. The molecule has 2 amide bonds. The predicted molar refractivity (Wildman–Crippen MR) is 84.2 cm³/mol. The average Bonchev–Trinajstić information content (AvgIpc) is 2.89. The first-order valence-corrected chi connectivity index (χ1v) is 7.63. The van der Waals surface area contributed by atoms with Gasteiger partial charge in [0.1, 0.15) is 0 Å². The van der Waals surface area contributed by atoms with Crippen molar-refractivity contribution in [1.82, 2.24) is 10.2 Å². The molecular weight excluding hydrogens is 280 g/mol. The Morgan fingerprint density at radius 3 is 2.73 bits per heavy atom. The number of carbonyl (C=O) groups is 2. The Bertz CT molecular complexity index is 527. The molecule has 1 aromatic rings. The lowest BCUT2D eigenvalue weighted by molar-refractivity contribution is -0.130. The molecule has 1 aliphatic heterocycles. The molecular formula is C17H24N2O3. The van der Waals surface area contributed by atoms with Crippen LogP contribution < -0.4 is 5.32 Å². The lowest BCUT2D eigenvalue weighted by Crippen LogP contribution is -2.38. The van der Waals surface area contributed by atoms with Gasteiger partial charge >= 0.3 is 0 Å². The van der Waals surface area contributed by atoms with Gasteiger partial charge in [-0.1, -0.05) is 29.8 Å². The van der Waals surface area contributed by atoms with Gasteiger partial charge in [0.2, 0.25) is 11.8 Å². The van der Waals surface area contributed by atoms with Gasteiger partial charge in [-0.25, -0.2) is 0 Å². The maximum atomic E-state index is 12.2. The van der Waals surface area contributed by atoms with E-state index in [0.717, 1.165) is 5.56 Å². The second-order valence-corrected chi connectivity index (χ2v) is 5.95. The first kappa shape index (κ1) is 16.5. The topological polar surface area (TPSA) is 58.6 Å². The molecule has 120 valence electrons. The van der Waals surface area contributed by atoms with Gasteiger partial charge in [-0.15, -0.1) is 0 Å². The Balaban J connectivity index is 1.85. The van der Waals surface area contributed by atoms with Crippen LogP contribution >= 0.6 is 0 Å². The van der Waals surface area contributed by atoms with Crippen molar-refractivity contribution in [2.45, 2.75) is 32.9 Å². The Morgan fingerprint density at radius 2 is 2.09 bits per heavy atom. The van der Waals surface area contributed by atoms with E-state index in [4.69, 9.17) is 4.74 Å². The number of rotatable bonds is 6. The minimum Gasteiger partial charge on any atom is -0.383 e. The Morgan fingerprint density at radius 1 is 1.41 bits per heavy atom. The molecule has 0 aromatic heterocycles. The van der Waals surface area contributed by atoms with Crippen LogP contribution in [0.15, 0.2) is 24.3 Å². The number of ether oxygens (including phenoxy) is 1. The number of amides is 2. The molecule has 0 radical (unpaired) electrons. The standard InChI is InChI=1S/C17H24N2O3/c1-12-4-6-14(7-5-12)9-18-17(21)15-8-16(20)19(10-15)13(2)11-22-3/h4-7,13,15H,8-11H2,1-3H3,(H,18,21)/t13-,15-/m1/s1. The molecule has 0 bridgehead atoms. The summed E-state index contributed by atoms with van der Waals surface area (Å²) in [4.78, 5) is 26.0. The quantitative estimate of drug-likeness (QED) is 0.866. The van der Waals surface area contributed by atoms with Gasteiger partial charge in [0, 0.05) is 26.6 Å². The molecule has 0 unspecified atom stereocenters. The van der Waals surface area contributed by atoms with E-state index < -0.39 is 0 Å². The van der Waals surface area contributed by atoms with Crippen LogP contribution in [0, 0.1) is 12.8 Å². The van der Waals surface area contributed by atoms with Gasteiger partial charge in [-0.05, 0) is 19.4 Å². The number of likely N-dealkylation sites (tertiary alicyclic amines) is 1.